The van der Waals surface area contributed by atoms with Gasteiger partial charge in [-0.25, -0.2) is 9.98 Å². The van der Waals surface area contributed by atoms with Crippen LogP contribution in [0.25, 0.3) is 16.3 Å². The van der Waals surface area contributed by atoms with E-state index < -0.39 is 0 Å². The van der Waals surface area contributed by atoms with Crippen molar-refractivity contribution in [2.24, 2.45) is 10.9 Å². The number of hydrogen-bond acceptors (Lipinski definition) is 5. The van der Waals surface area contributed by atoms with Gasteiger partial charge in [0.2, 0.25) is 0 Å². The number of amidine groups is 1. The van der Waals surface area contributed by atoms with Gasteiger partial charge in [-0.05, 0) is 60.5 Å². The van der Waals surface area contributed by atoms with E-state index in [2.05, 4.69) is 31.8 Å². The second-order valence-corrected chi connectivity index (χ2v) is 9.13. The highest BCUT2D eigenvalue weighted by Gasteiger charge is 2.33. The molecule has 0 N–H and O–H groups in total. The van der Waals surface area contributed by atoms with E-state index in [1.807, 2.05) is 48.0 Å². The Morgan fingerprint density at radius 3 is 2.71 bits per heavy atom. The number of aryl methyl sites for hydroxylation is 1. The van der Waals surface area contributed by atoms with E-state index in [0.717, 1.165) is 26.6 Å². The lowest BCUT2D eigenvalue weighted by molar-refractivity contribution is -0.122. The smallest absolute Gasteiger partial charge is 0.266 e. The van der Waals surface area contributed by atoms with Crippen molar-refractivity contribution in [3.05, 3.63) is 64.0 Å². The Kier molecular flexibility index (Phi) is 5.33. The van der Waals surface area contributed by atoms with Crippen molar-refractivity contribution in [2.75, 3.05) is 6.54 Å². The summed E-state index contributed by atoms with van der Waals surface area (Å²) in [7, 11) is 0. The van der Waals surface area contributed by atoms with Crippen LogP contribution in [-0.2, 0) is 4.79 Å². The SMILES string of the molecule is Cc1ccc(N=C2S/C(=C\c3ccc4ncsc4c3)C(=O)N2CC(C)C)cc1. The Hall–Kier alpha value is -2.44. The molecule has 0 unspecified atom stereocenters. The Bertz CT molecular complexity index is 1080. The zero-order valence-corrected chi connectivity index (χ0v) is 17.7. The van der Waals surface area contributed by atoms with Gasteiger partial charge in [0.05, 0.1) is 26.3 Å². The zero-order chi connectivity index (χ0) is 19.7. The molecule has 2 aromatic carbocycles. The van der Waals surface area contributed by atoms with Crippen LogP contribution in [0.5, 0.6) is 0 Å². The number of benzene rings is 2. The fourth-order valence-corrected chi connectivity index (χ4v) is 4.69. The maximum atomic E-state index is 13.1. The number of hydrogen-bond donors (Lipinski definition) is 0. The molecule has 142 valence electrons. The summed E-state index contributed by atoms with van der Waals surface area (Å²) in [5, 5.41) is 0.743. The van der Waals surface area contributed by atoms with Crippen LogP contribution in [0, 0.1) is 12.8 Å². The normalized spacial score (nSPS) is 17.6. The van der Waals surface area contributed by atoms with Gasteiger partial charge in [-0.1, -0.05) is 37.6 Å². The molecule has 0 spiro atoms. The zero-order valence-electron chi connectivity index (χ0n) is 16.0. The lowest BCUT2D eigenvalue weighted by atomic mass is 10.2. The van der Waals surface area contributed by atoms with Crippen LogP contribution in [0.3, 0.4) is 0 Å². The number of amides is 1. The number of nitrogens with zero attached hydrogens (tertiary/aromatic N) is 3. The first kappa shape index (κ1) is 18.9. The van der Waals surface area contributed by atoms with Crippen molar-refractivity contribution < 1.29 is 4.79 Å². The van der Waals surface area contributed by atoms with Crippen molar-refractivity contribution in [3.63, 3.8) is 0 Å². The van der Waals surface area contributed by atoms with Crippen molar-refractivity contribution >= 4 is 56.2 Å². The lowest BCUT2D eigenvalue weighted by Crippen LogP contribution is -2.32. The van der Waals surface area contributed by atoms with E-state index in [1.54, 1.807) is 16.2 Å². The summed E-state index contributed by atoms with van der Waals surface area (Å²) in [4.78, 5) is 24.6. The van der Waals surface area contributed by atoms with Gasteiger partial charge < -0.3 is 0 Å². The summed E-state index contributed by atoms with van der Waals surface area (Å²) in [5.41, 5.74) is 5.89. The van der Waals surface area contributed by atoms with Crippen molar-refractivity contribution in [3.8, 4) is 0 Å². The maximum absolute atomic E-state index is 13.1. The lowest BCUT2D eigenvalue weighted by Gasteiger charge is -2.17. The monoisotopic (exact) mass is 407 g/mol. The number of aromatic nitrogens is 1. The molecule has 28 heavy (non-hydrogen) atoms. The van der Waals surface area contributed by atoms with Gasteiger partial charge in [-0.3, -0.25) is 9.69 Å². The van der Waals surface area contributed by atoms with Crippen molar-refractivity contribution in [1.29, 1.82) is 0 Å². The molecule has 0 saturated carbocycles. The quantitative estimate of drug-likeness (QED) is 0.509. The molecular formula is C22H21N3OS2. The number of fused-ring (bicyclic) bond motifs is 1. The van der Waals surface area contributed by atoms with E-state index in [1.165, 1.54) is 17.3 Å². The third-order valence-corrected chi connectivity index (χ3v) is 6.15. The summed E-state index contributed by atoms with van der Waals surface area (Å²) in [5.74, 6) is 0.384. The number of carbonyl (C=O) groups excluding carboxylic acids is 1. The molecule has 1 amide bonds. The minimum atomic E-state index is 0.0222. The molecule has 4 rings (SSSR count). The van der Waals surface area contributed by atoms with Gasteiger partial charge in [0.25, 0.3) is 5.91 Å². The van der Waals surface area contributed by atoms with Crippen molar-refractivity contribution in [2.45, 2.75) is 20.8 Å². The van der Waals surface area contributed by atoms with Crippen LogP contribution in [0.2, 0.25) is 0 Å². The standard InChI is InChI=1S/C22H21N3OS2/c1-14(2)12-25-21(26)20(11-16-6-9-18-19(10-16)27-13-23-18)28-22(25)24-17-7-4-15(3)5-8-17/h4-11,13-14H,12H2,1-3H3/b20-11-,24-22?. The Morgan fingerprint density at radius 1 is 1.18 bits per heavy atom. The topological polar surface area (TPSA) is 45.6 Å². The van der Waals surface area contributed by atoms with E-state index >= 15 is 0 Å². The Labute approximate surface area is 173 Å². The number of thioether (sulfide) groups is 1. The average molecular weight is 408 g/mol. The molecule has 1 fully saturated rings. The van der Waals surface area contributed by atoms with Crippen LogP contribution in [0.1, 0.15) is 25.0 Å². The third-order valence-electron chi connectivity index (χ3n) is 4.35. The highest BCUT2D eigenvalue weighted by Crippen LogP contribution is 2.35. The van der Waals surface area contributed by atoms with Gasteiger partial charge in [0.15, 0.2) is 5.17 Å². The molecule has 1 aliphatic heterocycles. The maximum Gasteiger partial charge on any atom is 0.266 e. The highest BCUT2D eigenvalue weighted by atomic mass is 32.2. The number of thiazole rings is 1. The predicted octanol–water partition coefficient (Wildman–Crippen LogP) is 5.86. The largest absolute Gasteiger partial charge is 0.286 e. The molecule has 1 aromatic heterocycles. The van der Waals surface area contributed by atoms with Crippen molar-refractivity contribution in [1.82, 2.24) is 9.88 Å². The first-order chi connectivity index (χ1) is 13.5. The van der Waals surface area contributed by atoms with E-state index in [-0.39, 0.29) is 5.91 Å². The van der Waals surface area contributed by atoms with Gasteiger partial charge in [-0.2, -0.15) is 0 Å². The molecule has 1 saturated heterocycles. The molecule has 0 bridgehead atoms. The molecule has 0 radical (unpaired) electrons. The minimum absolute atomic E-state index is 0.0222. The average Bonchev–Trinajstić information content (AvgIpc) is 3.23. The molecule has 0 aliphatic carbocycles. The van der Waals surface area contributed by atoms with Gasteiger partial charge in [0, 0.05) is 6.54 Å². The number of rotatable bonds is 4. The summed E-state index contributed by atoms with van der Waals surface area (Å²) >= 11 is 3.05. The predicted molar refractivity (Wildman–Crippen MR) is 120 cm³/mol. The second kappa shape index (κ2) is 7.89. The van der Waals surface area contributed by atoms with Crippen LogP contribution in [-0.4, -0.2) is 27.5 Å². The number of carbonyl (C=O) groups is 1. The molecule has 4 nitrogen and oxygen atoms in total. The van der Waals surface area contributed by atoms with Crippen LogP contribution >= 0.6 is 23.1 Å². The second-order valence-electron chi connectivity index (χ2n) is 7.23. The Balaban J connectivity index is 1.68. The highest BCUT2D eigenvalue weighted by molar-refractivity contribution is 8.18. The van der Waals surface area contributed by atoms with E-state index in [9.17, 15) is 4.79 Å². The summed E-state index contributed by atoms with van der Waals surface area (Å²) < 4.78 is 1.12. The third kappa shape index (κ3) is 4.03. The molecule has 3 aromatic rings. The number of aliphatic imine (C=N–C) groups is 1. The molecule has 0 atom stereocenters. The molecule has 6 heteroatoms. The summed E-state index contributed by atoms with van der Waals surface area (Å²) in [6.45, 7) is 6.93. The van der Waals surface area contributed by atoms with E-state index in [4.69, 9.17) is 4.99 Å². The molecule has 1 aliphatic rings. The van der Waals surface area contributed by atoms with Crippen LogP contribution < -0.4 is 0 Å². The minimum Gasteiger partial charge on any atom is -0.286 e. The van der Waals surface area contributed by atoms with Gasteiger partial charge in [-0.15, -0.1) is 11.3 Å². The Morgan fingerprint density at radius 2 is 1.96 bits per heavy atom. The van der Waals surface area contributed by atoms with Crippen LogP contribution in [0.15, 0.2) is 57.9 Å². The fourth-order valence-electron chi connectivity index (χ4n) is 2.96. The summed E-state index contributed by atoms with van der Waals surface area (Å²) in [6.07, 6.45) is 1.96. The van der Waals surface area contributed by atoms with Crippen LogP contribution in [0.4, 0.5) is 5.69 Å². The van der Waals surface area contributed by atoms with E-state index in [0.29, 0.717) is 17.4 Å². The molecular weight excluding hydrogens is 386 g/mol. The van der Waals surface area contributed by atoms with Gasteiger partial charge >= 0.3 is 0 Å². The first-order valence-corrected chi connectivity index (χ1v) is 10.9. The summed E-state index contributed by atoms with van der Waals surface area (Å²) in [6, 6.07) is 14.1. The molecule has 2 heterocycles. The van der Waals surface area contributed by atoms with Gasteiger partial charge in [0.1, 0.15) is 0 Å². The first-order valence-electron chi connectivity index (χ1n) is 9.19. The fraction of sp³-hybridized carbons (Fsp3) is 0.227.